The van der Waals surface area contributed by atoms with Gasteiger partial charge in [-0.1, -0.05) is 58.8 Å². The van der Waals surface area contributed by atoms with Gasteiger partial charge in [0.05, 0.1) is 6.61 Å². The van der Waals surface area contributed by atoms with Gasteiger partial charge in [0.15, 0.2) is 0 Å². The molecule has 1 rings (SSSR count). The molecule has 0 aromatic heterocycles. The van der Waals surface area contributed by atoms with Crippen LogP contribution in [0.5, 0.6) is 0 Å². The first-order valence-corrected chi connectivity index (χ1v) is 9.78. The number of carbonyl (C=O) groups is 3. The second-order valence-electron chi connectivity index (χ2n) is 6.72. The molecule has 1 saturated heterocycles. The Hall–Kier alpha value is -2.41. The second-order valence-corrected chi connectivity index (χ2v) is 6.72. The van der Waals surface area contributed by atoms with E-state index in [1.165, 1.54) is 19.3 Å². The summed E-state index contributed by atoms with van der Waals surface area (Å²) in [5.41, 5.74) is 0.903. The van der Waals surface area contributed by atoms with Gasteiger partial charge in [-0.2, -0.15) is 0 Å². The molecule has 1 heterocycles. The van der Waals surface area contributed by atoms with Crippen molar-refractivity contribution in [2.24, 2.45) is 5.92 Å². The fraction of sp³-hybridized carbons (Fsp3) is 0.591. The van der Waals surface area contributed by atoms with E-state index in [-0.39, 0.29) is 12.1 Å². The molecule has 0 radical (unpaired) electrons. The summed E-state index contributed by atoms with van der Waals surface area (Å²) in [6, 6.07) is 0. The first kappa shape index (κ1) is 28.8. The average Bonchev–Trinajstić information content (AvgIpc) is 3.51. The zero-order chi connectivity index (χ0) is 22.8. The molecule has 1 fully saturated rings. The molecule has 0 saturated carbocycles. The number of esters is 1. The maximum atomic E-state index is 10.7. The van der Waals surface area contributed by atoms with Crippen LogP contribution in [0.4, 0.5) is 0 Å². The zero-order valence-corrected chi connectivity index (χ0v) is 18.1. The Morgan fingerprint density at radius 1 is 1.24 bits per heavy atom. The van der Waals surface area contributed by atoms with Crippen LogP contribution in [0.1, 0.15) is 59.8 Å². The van der Waals surface area contributed by atoms with E-state index in [1.807, 2.05) is 6.08 Å². The van der Waals surface area contributed by atoms with E-state index < -0.39 is 11.9 Å². The van der Waals surface area contributed by atoms with Crippen LogP contribution in [0.15, 0.2) is 36.5 Å². The number of epoxide rings is 1. The Kier molecular flexibility index (Phi) is 17.5. The van der Waals surface area contributed by atoms with Gasteiger partial charge in [0.25, 0.3) is 0 Å². The van der Waals surface area contributed by atoms with E-state index in [0.29, 0.717) is 30.3 Å². The van der Waals surface area contributed by atoms with Gasteiger partial charge in [-0.25, -0.2) is 14.4 Å². The molecule has 2 atom stereocenters. The van der Waals surface area contributed by atoms with Crippen LogP contribution >= 0.6 is 0 Å². The number of hydrogen-bond acceptors (Lipinski definition) is 5. The van der Waals surface area contributed by atoms with Gasteiger partial charge in [0, 0.05) is 17.2 Å². The molecule has 0 aromatic rings. The molecule has 166 valence electrons. The van der Waals surface area contributed by atoms with Gasteiger partial charge in [-0.3, -0.25) is 0 Å². The third-order valence-electron chi connectivity index (χ3n) is 3.96. The Morgan fingerprint density at radius 2 is 1.79 bits per heavy atom. The number of aliphatic carboxylic acids is 2. The van der Waals surface area contributed by atoms with Gasteiger partial charge < -0.3 is 19.7 Å². The van der Waals surface area contributed by atoms with Crippen molar-refractivity contribution in [3.05, 3.63) is 36.5 Å². The first-order valence-electron chi connectivity index (χ1n) is 9.78. The highest BCUT2D eigenvalue weighted by molar-refractivity contribution is 5.87. The van der Waals surface area contributed by atoms with E-state index in [0.717, 1.165) is 18.9 Å². The summed E-state index contributed by atoms with van der Waals surface area (Å²) in [5, 5.41) is 16.3. The largest absolute Gasteiger partial charge is 0.478 e. The third kappa shape index (κ3) is 20.1. The topological polar surface area (TPSA) is 113 Å². The van der Waals surface area contributed by atoms with Gasteiger partial charge in [-0.05, 0) is 26.2 Å². The van der Waals surface area contributed by atoms with Gasteiger partial charge in [0.1, 0.15) is 12.7 Å². The Balaban J connectivity index is 0. The van der Waals surface area contributed by atoms with Crippen LogP contribution in [0.2, 0.25) is 0 Å². The molecule has 1 aliphatic heterocycles. The van der Waals surface area contributed by atoms with E-state index in [1.54, 1.807) is 13.8 Å². The van der Waals surface area contributed by atoms with Gasteiger partial charge in [0.2, 0.25) is 0 Å². The van der Waals surface area contributed by atoms with Crippen molar-refractivity contribution in [3.8, 4) is 0 Å². The van der Waals surface area contributed by atoms with Crippen molar-refractivity contribution in [1.82, 2.24) is 0 Å². The number of carboxylic acid groups (broad SMARTS) is 2. The van der Waals surface area contributed by atoms with Gasteiger partial charge in [-0.15, -0.1) is 0 Å². The Morgan fingerprint density at radius 3 is 2.14 bits per heavy atom. The maximum Gasteiger partial charge on any atom is 0.333 e. The van der Waals surface area contributed by atoms with Crippen LogP contribution in [0.25, 0.3) is 0 Å². The monoisotopic (exact) mass is 412 g/mol. The van der Waals surface area contributed by atoms with Crippen LogP contribution < -0.4 is 0 Å². The molecule has 2 unspecified atom stereocenters. The molecular formula is C22H36O7. The van der Waals surface area contributed by atoms with E-state index >= 15 is 0 Å². The molecule has 1 aliphatic rings. The minimum absolute atomic E-state index is 0.142. The summed E-state index contributed by atoms with van der Waals surface area (Å²) in [5.74, 6) is -1.46. The lowest BCUT2D eigenvalue weighted by molar-refractivity contribution is -0.139. The second kappa shape index (κ2) is 17.7. The van der Waals surface area contributed by atoms with Crippen molar-refractivity contribution < 1.29 is 34.1 Å². The summed E-state index contributed by atoms with van der Waals surface area (Å²) in [4.78, 5) is 30.5. The molecule has 0 aromatic carbocycles. The average molecular weight is 413 g/mol. The first-order chi connectivity index (χ1) is 13.6. The minimum atomic E-state index is -0.981. The van der Waals surface area contributed by atoms with Crippen LogP contribution in [0.3, 0.4) is 0 Å². The predicted molar refractivity (Wildman–Crippen MR) is 113 cm³/mol. The molecule has 0 amide bonds. The van der Waals surface area contributed by atoms with Crippen LogP contribution in [-0.4, -0.2) is 47.4 Å². The predicted octanol–water partition coefficient (Wildman–Crippen LogP) is 4.39. The molecule has 7 heteroatoms. The normalized spacial score (nSPS) is 15.4. The maximum absolute atomic E-state index is 10.7. The lowest BCUT2D eigenvalue weighted by atomic mass is 9.95. The van der Waals surface area contributed by atoms with Crippen molar-refractivity contribution in [2.45, 2.75) is 65.9 Å². The van der Waals surface area contributed by atoms with Crippen LogP contribution in [-0.2, 0) is 23.9 Å². The van der Waals surface area contributed by atoms with Crippen molar-refractivity contribution in [1.29, 1.82) is 0 Å². The summed E-state index contributed by atoms with van der Waals surface area (Å²) in [6.45, 7) is 15.1. The molecule has 29 heavy (non-hydrogen) atoms. The van der Waals surface area contributed by atoms with Gasteiger partial charge >= 0.3 is 17.9 Å². The number of unbranched alkanes of at least 4 members (excludes halogenated alkanes) is 1. The fourth-order valence-electron chi connectivity index (χ4n) is 1.87. The zero-order valence-electron chi connectivity index (χ0n) is 18.1. The molecule has 0 aliphatic carbocycles. The quantitative estimate of drug-likeness (QED) is 0.294. The summed E-state index contributed by atoms with van der Waals surface area (Å²) in [7, 11) is 0. The number of hydrogen-bond donors (Lipinski definition) is 2. The Labute approximate surface area is 174 Å². The number of carbonyl (C=O) groups excluding carboxylic acids is 1. The fourth-order valence-corrected chi connectivity index (χ4v) is 1.87. The molecular weight excluding hydrogens is 376 g/mol. The molecule has 2 N–H and O–H groups in total. The number of allylic oxidation sites excluding steroid dienone is 1. The van der Waals surface area contributed by atoms with E-state index in [2.05, 4.69) is 27.0 Å². The standard InChI is InChI=1S/C12H22O2.C7H10O3.C3H4O2/c1-4-6-7-11(5-2)9-8-10(3)12(13)14;1-5(2)7(8)10-4-6-3-9-6;1-2-3(4)5/h8,11H,4-7,9H2,1-3H3,(H,13,14);6H,1,3-4H2,2H3;2H,1H2,(H,4,5). The number of carboxylic acids is 2. The van der Waals surface area contributed by atoms with Crippen molar-refractivity contribution in [2.75, 3.05) is 13.2 Å². The third-order valence-corrected chi connectivity index (χ3v) is 3.96. The van der Waals surface area contributed by atoms with Crippen molar-refractivity contribution >= 4 is 17.9 Å². The van der Waals surface area contributed by atoms with E-state index in [4.69, 9.17) is 19.7 Å². The number of ether oxygens (including phenoxy) is 2. The number of rotatable bonds is 11. The van der Waals surface area contributed by atoms with Crippen molar-refractivity contribution in [3.63, 3.8) is 0 Å². The summed E-state index contributed by atoms with van der Waals surface area (Å²) >= 11 is 0. The highest BCUT2D eigenvalue weighted by Crippen LogP contribution is 2.17. The highest BCUT2D eigenvalue weighted by atomic mass is 16.6. The lowest BCUT2D eigenvalue weighted by Gasteiger charge is -2.11. The lowest BCUT2D eigenvalue weighted by Crippen LogP contribution is -2.09. The minimum Gasteiger partial charge on any atom is -0.478 e. The molecule has 0 spiro atoms. The summed E-state index contributed by atoms with van der Waals surface area (Å²) < 4.78 is 9.60. The Bertz CT molecular complexity index is 560. The van der Waals surface area contributed by atoms with Crippen LogP contribution in [0, 0.1) is 5.92 Å². The smallest absolute Gasteiger partial charge is 0.333 e. The molecule has 7 nitrogen and oxygen atoms in total. The summed E-state index contributed by atoms with van der Waals surface area (Å²) in [6.07, 6.45) is 8.57. The van der Waals surface area contributed by atoms with E-state index in [9.17, 15) is 14.4 Å². The SMILES string of the molecule is C=C(C)C(=O)OCC1CO1.C=CC(=O)O.CCCCC(CC)CC=C(C)C(=O)O. The highest BCUT2D eigenvalue weighted by Gasteiger charge is 2.24. The molecule has 0 bridgehead atoms.